The van der Waals surface area contributed by atoms with Gasteiger partial charge in [0.25, 0.3) is 0 Å². The Balaban J connectivity index is 1.58. The van der Waals surface area contributed by atoms with E-state index in [0.717, 1.165) is 29.7 Å². The SMILES string of the molecule is C[C@@H](c1ccccc1)N1CC/C(=C\C(=O)OC(C)(C)C)C[C@@H]1[C@@H](COCc1ccccc1)OCc1ccccc1. The van der Waals surface area contributed by atoms with E-state index in [9.17, 15) is 4.79 Å². The molecule has 3 atom stereocenters. The van der Waals surface area contributed by atoms with Gasteiger partial charge in [0, 0.05) is 24.7 Å². The first-order valence-electron chi connectivity index (χ1n) is 14.3. The molecule has 5 nitrogen and oxygen atoms in total. The van der Waals surface area contributed by atoms with Crippen LogP contribution >= 0.6 is 0 Å². The zero-order valence-electron chi connectivity index (χ0n) is 24.3. The van der Waals surface area contributed by atoms with Gasteiger partial charge in [0.2, 0.25) is 0 Å². The summed E-state index contributed by atoms with van der Waals surface area (Å²) in [6.07, 6.45) is 3.02. The number of likely N-dealkylation sites (tertiary alicyclic amines) is 1. The van der Waals surface area contributed by atoms with Gasteiger partial charge < -0.3 is 14.2 Å². The van der Waals surface area contributed by atoms with Gasteiger partial charge in [0.15, 0.2) is 0 Å². The molecular formula is C35H43NO4. The van der Waals surface area contributed by atoms with E-state index in [1.54, 1.807) is 6.08 Å². The molecule has 5 heteroatoms. The maximum atomic E-state index is 12.7. The van der Waals surface area contributed by atoms with Crippen molar-refractivity contribution in [3.8, 4) is 0 Å². The predicted molar refractivity (Wildman–Crippen MR) is 160 cm³/mol. The number of carbonyl (C=O) groups is 1. The second-order valence-electron chi connectivity index (χ2n) is 11.5. The Labute approximate surface area is 239 Å². The summed E-state index contributed by atoms with van der Waals surface area (Å²) >= 11 is 0. The summed E-state index contributed by atoms with van der Waals surface area (Å²) in [5.74, 6) is -0.284. The quantitative estimate of drug-likeness (QED) is 0.189. The van der Waals surface area contributed by atoms with E-state index in [-0.39, 0.29) is 24.2 Å². The average Bonchev–Trinajstić information content (AvgIpc) is 2.95. The third-order valence-electron chi connectivity index (χ3n) is 7.23. The van der Waals surface area contributed by atoms with Crippen LogP contribution in [0.5, 0.6) is 0 Å². The molecule has 1 aliphatic heterocycles. The molecule has 4 rings (SSSR count). The van der Waals surface area contributed by atoms with Crippen LogP contribution in [0, 0.1) is 0 Å². The first kappa shape index (κ1) is 29.7. The Morgan fingerprint density at radius 3 is 2.08 bits per heavy atom. The maximum Gasteiger partial charge on any atom is 0.331 e. The van der Waals surface area contributed by atoms with E-state index in [1.807, 2.05) is 57.2 Å². The minimum Gasteiger partial charge on any atom is -0.457 e. The number of hydrogen-bond acceptors (Lipinski definition) is 5. The summed E-state index contributed by atoms with van der Waals surface area (Å²) in [4.78, 5) is 15.2. The number of benzene rings is 3. The first-order valence-corrected chi connectivity index (χ1v) is 14.3. The molecule has 212 valence electrons. The van der Waals surface area contributed by atoms with Crippen LogP contribution in [0.1, 0.15) is 63.3 Å². The van der Waals surface area contributed by atoms with Crippen LogP contribution in [0.4, 0.5) is 0 Å². The maximum absolute atomic E-state index is 12.7. The molecule has 0 bridgehead atoms. The molecule has 0 N–H and O–H groups in total. The summed E-state index contributed by atoms with van der Waals surface area (Å²) in [7, 11) is 0. The molecule has 0 aliphatic carbocycles. The topological polar surface area (TPSA) is 48.0 Å². The summed E-state index contributed by atoms with van der Waals surface area (Å²) in [6, 6.07) is 31.3. The Morgan fingerprint density at radius 1 is 0.900 bits per heavy atom. The molecule has 3 aromatic rings. The van der Waals surface area contributed by atoms with Gasteiger partial charge in [0.05, 0.1) is 25.9 Å². The molecule has 3 aromatic carbocycles. The number of esters is 1. The number of piperidine rings is 1. The van der Waals surface area contributed by atoms with Crippen molar-refractivity contribution in [1.82, 2.24) is 4.90 Å². The van der Waals surface area contributed by atoms with Crippen LogP contribution in [0.2, 0.25) is 0 Å². The number of rotatable bonds is 11. The second kappa shape index (κ2) is 14.4. The van der Waals surface area contributed by atoms with E-state index >= 15 is 0 Å². The normalized spacial score (nSPS) is 18.8. The van der Waals surface area contributed by atoms with Gasteiger partial charge in [-0.1, -0.05) is 96.6 Å². The van der Waals surface area contributed by atoms with Crippen LogP contribution in [0.15, 0.2) is 103 Å². The van der Waals surface area contributed by atoms with Crippen molar-refractivity contribution in [2.75, 3.05) is 13.2 Å². The van der Waals surface area contributed by atoms with Crippen molar-refractivity contribution in [1.29, 1.82) is 0 Å². The van der Waals surface area contributed by atoms with Crippen molar-refractivity contribution in [3.63, 3.8) is 0 Å². The van der Waals surface area contributed by atoms with E-state index in [1.165, 1.54) is 5.56 Å². The number of hydrogen-bond donors (Lipinski definition) is 0. The Bertz CT molecular complexity index is 1200. The predicted octanol–water partition coefficient (Wildman–Crippen LogP) is 7.28. The fourth-order valence-electron chi connectivity index (χ4n) is 5.22. The fourth-order valence-corrected chi connectivity index (χ4v) is 5.22. The lowest BCUT2D eigenvalue weighted by atomic mass is 9.90. The van der Waals surface area contributed by atoms with Crippen molar-refractivity contribution in [3.05, 3.63) is 119 Å². The first-order chi connectivity index (χ1) is 19.3. The molecule has 40 heavy (non-hydrogen) atoms. The third-order valence-corrected chi connectivity index (χ3v) is 7.23. The third kappa shape index (κ3) is 9.16. The molecule has 0 amide bonds. The van der Waals surface area contributed by atoms with Gasteiger partial charge in [-0.25, -0.2) is 4.79 Å². The summed E-state index contributed by atoms with van der Waals surface area (Å²) < 4.78 is 18.5. The molecule has 0 radical (unpaired) electrons. The van der Waals surface area contributed by atoms with E-state index < -0.39 is 5.60 Å². The highest BCUT2D eigenvalue weighted by Crippen LogP contribution is 2.34. The zero-order valence-corrected chi connectivity index (χ0v) is 24.3. The number of carbonyl (C=O) groups excluding carboxylic acids is 1. The van der Waals surface area contributed by atoms with E-state index in [4.69, 9.17) is 14.2 Å². The lowest BCUT2D eigenvalue weighted by Gasteiger charge is -2.44. The molecule has 0 aromatic heterocycles. The van der Waals surface area contributed by atoms with Gasteiger partial charge in [0.1, 0.15) is 5.60 Å². The molecule has 0 unspecified atom stereocenters. The van der Waals surface area contributed by atoms with Crippen molar-refractivity contribution < 1.29 is 19.0 Å². The lowest BCUT2D eigenvalue weighted by Crippen LogP contribution is -2.51. The molecule has 0 spiro atoms. The highest BCUT2D eigenvalue weighted by Gasteiger charge is 2.36. The molecule has 1 fully saturated rings. The van der Waals surface area contributed by atoms with E-state index in [2.05, 4.69) is 66.4 Å². The van der Waals surface area contributed by atoms with Gasteiger partial charge in [-0.2, -0.15) is 0 Å². The molecule has 1 heterocycles. The Kier molecular flexibility index (Phi) is 10.7. The smallest absolute Gasteiger partial charge is 0.331 e. The number of ether oxygens (including phenoxy) is 3. The fraction of sp³-hybridized carbons (Fsp3) is 0.400. The summed E-state index contributed by atoms with van der Waals surface area (Å²) in [5.41, 5.74) is 4.08. The summed E-state index contributed by atoms with van der Waals surface area (Å²) in [6.45, 7) is 10.2. The Hall–Kier alpha value is -3.25. The Morgan fingerprint density at radius 2 is 1.48 bits per heavy atom. The highest BCUT2D eigenvalue weighted by molar-refractivity contribution is 5.83. The second-order valence-corrected chi connectivity index (χ2v) is 11.5. The number of nitrogens with zero attached hydrogens (tertiary/aromatic N) is 1. The monoisotopic (exact) mass is 541 g/mol. The van der Waals surface area contributed by atoms with E-state index in [0.29, 0.717) is 26.2 Å². The standard InChI is InChI=1S/C35H43NO4/c1-27(31-18-12-7-13-19-31)36-21-20-30(23-34(37)40-35(2,3)4)22-32(36)33(39-25-29-16-10-6-11-17-29)26-38-24-28-14-8-5-9-15-28/h5-19,23,27,32-33H,20-22,24-26H2,1-4H3/b30-23+/t27-,32+,33+/m0/s1. The van der Waals surface area contributed by atoms with Gasteiger partial charge in [-0.3, -0.25) is 4.90 Å². The molecule has 0 saturated carbocycles. The van der Waals surface area contributed by atoms with Gasteiger partial charge in [-0.05, 0) is 57.2 Å². The van der Waals surface area contributed by atoms with Crippen LogP contribution in [-0.4, -0.2) is 41.8 Å². The molecule has 1 saturated heterocycles. The van der Waals surface area contributed by atoms with Gasteiger partial charge in [-0.15, -0.1) is 0 Å². The minimum absolute atomic E-state index is 0.0251. The summed E-state index contributed by atoms with van der Waals surface area (Å²) in [5, 5.41) is 0. The molecule has 1 aliphatic rings. The molecular weight excluding hydrogens is 498 g/mol. The zero-order chi connectivity index (χ0) is 28.4. The van der Waals surface area contributed by atoms with Crippen LogP contribution in [-0.2, 0) is 32.2 Å². The van der Waals surface area contributed by atoms with Crippen molar-refractivity contribution >= 4 is 5.97 Å². The van der Waals surface area contributed by atoms with Crippen molar-refractivity contribution in [2.24, 2.45) is 0 Å². The van der Waals surface area contributed by atoms with Crippen LogP contribution in [0.3, 0.4) is 0 Å². The largest absolute Gasteiger partial charge is 0.457 e. The van der Waals surface area contributed by atoms with Crippen molar-refractivity contribution in [2.45, 2.75) is 77.5 Å². The minimum atomic E-state index is -0.525. The van der Waals surface area contributed by atoms with Gasteiger partial charge >= 0.3 is 5.97 Å². The lowest BCUT2D eigenvalue weighted by molar-refractivity contribution is -0.148. The highest BCUT2D eigenvalue weighted by atomic mass is 16.6. The average molecular weight is 542 g/mol. The van der Waals surface area contributed by atoms with Crippen LogP contribution in [0.25, 0.3) is 0 Å². The van der Waals surface area contributed by atoms with Crippen LogP contribution < -0.4 is 0 Å².